The molecule has 1 heterocycles. The molecule has 1 aliphatic heterocycles. The van der Waals surface area contributed by atoms with Crippen LogP contribution in [0, 0.1) is 11.7 Å². The van der Waals surface area contributed by atoms with Gasteiger partial charge in [-0.2, -0.15) is 0 Å². The van der Waals surface area contributed by atoms with Crippen molar-refractivity contribution in [3.05, 3.63) is 99.2 Å². The highest BCUT2D eigenvalue weighted by molar-refractivity contribution is 9.10. The van der Waals surface area contributed by atoms with Gasteiger partial charge in [-0.1, -0.05) is 39.7 Å². The maximum Gasteiger partial charge on any atom is 0.258 e. The molecule has 0 saturated carbocycles. The number of fused-ring (bicyclic) bond motifs is 2. The van der Waals surface area contributed by atoms with Gasteiger partial charge in [-0.05, 0) is 85.4 Å². The molecule has 1 unspecified atom stereocenters. The van der Waals surface area contributed by atoms with Crippen molar-refractivity contribution >= 4 is 67.4 Å². The van der Waals surface area contributed by atoms with Crippen LogP contribution in [0.3, 0.4) is 0 Å². The highest BCUT2D eigenvalue weighted by Crippen LogP contribution is 2.42. The van der Waals surface area contributed by atoms with E-state index in [0.717, 1.165) is 20.8 Å². The third-order valence-corrected chi connectivity index (χ3v) is 8.83. The SMILES string of the molecule is CNC(C)(C(N)=O)[C@@H]1CN(C(=O)c2ccc(F)cc2)c2cc(Cl)ccc2N(Cc2c(OC)ccc3cc(Br)ccc23)C1=O. The number of methoxy groups -OCH3 is 1. The molecule has 3 amide bonds. The van der Waals surface area contributed by atoms with Gasteiger partial charge in [-0.25, -0.2) is 4.39 Å². The van der Waals surface area contributed by atoms with E-state index in [1.54, 1.807) is 25.3 Å². The minimum absolute atomic E-state index is 0.0449. The second-order valence-corrected chi connectivity index (χ2v) is 11.8. The molecule has 2 atom stereocenters. The molecule has 3 N–H and O–H groups in total. The van der Waals surface area contributed by atoms with Gasteiger partial charge in [0.05, 0.1) is 30.9 Å². The molecule has 222 valence electrons. The first kappa shape index (κ1) is 30.5. The van der Waals surface area contributed by atoms with Gasteiger partial charge >= 0.3 is 0 Å². The molecule has 0 radical (unpaired) electrons. The molecule has 8 nitrogen and oxygen atoms in total. The molecular weight excluding hydrogens is 639 g/mol. The number of carbonyl (C=O) groups is 3. The summed E-state index contributed by atoms with van der Waals surface area (Å²) in [6, 6.07) is 19.6. The van der Waals surface area contributed by atoms with Crippen molar-refractivity contribution in [3.8, 4) is 5.75 Å². The molecule has 0 saturated heterocycles. The Kier molecular flexibility index (Phi) is 8.47. The molecule has 0 aliphatic carbocycles. The van der Waals surface area contributed by atoms with Crippen molar-refractivity contribution in [2.24, 2.45) is 11.7 Å². The Hall–Kier alpha value is -3.99. The molecule has 11 heteroatoms. The lowest BCUT2D eigenvalue weighted by atomic mass is 9.83. The van der Waals surface area contributed by atoms with E-state index in [1.807, 2.05) is 30.3 Å². The second kappa shape index (κ2) is 11.9. The summed E-state index contributed by atoms with van der Waals surface area (Å²) >= 11 is 9.97. The number of benzene rings is 4. The molecule has 0 bridgehead atoms. The number of anilines is 2. The van der Waals surface area contributed by atoms with Crippen molar-refractivity contribution in [3.63, 3.8) is 0 Å². The zero-order valence-electron chi connectivity index (χ0n) is 23.7. The Morgan fingerprint density at radius 1 is 1.09 bits per heavy atom. The number of hydrogen-bond acceptors (Lipinski definition) is 5. The highest BCUT2D eigenvalue weighted by atomic mass is 79.9. The summed E-state index contributed by atoms with van der Waals surface area (Å²) in [6.07, 6.45) is 0. The lowest BCUT2D eigenvalue weighted by Crippen LogP contribution is -2.63. The van der Waals surface area contributed by atoms with Gasteiger partial charge in [-0.3, -0.25) is 14.4 Å². The number of nitrogens with one attached hydrogen (secondary N) is 1. The highest BCUT2D eigenvalue weighted by Gasteiger charge is 2.49. The Labute approximate surface area is 261 Å². The molecule has 0 fully saturated rings. The number of rotatable bonds is 7. The monoisotopic (exact) mass is 666 g/mol. The van der Waals surface area contributed by atoms with E-state index in [-0.39, 0.29) is 18.7 Å². The van der Waals surface area contributed by atoms with Crippen LogP contribution in [0.4, 0.5) is 15.8 Å². The quantitative estimate of drug-likeness (QED) is 0.264. The number of primary amides is 1. The third kappa shape index (κ3) is 5.58. The van der Waals surface area contributed by atoms with Gasteiger partial charge in [0.15, 0.2) is 0 Å². The zero-order valence-corrected chi connectivity index (χ0v) is 26.0. The minimum atomic E-state index is -1.55. The fraction of sp³-hybridized carbons (Fsp3) is 0.219. The maximum atomic E-state index is 14.7. The second-order valence-electron chi connectivity index (χ2n) is 10.5. The molecule has 1 aliphatic rings. The summed E-state index contributed by atoms with van der Waals surface area (Å²) in [7, 11) is 3.09. The van der Waals surface area contributed by atoms with Gasteiger partial charge < -0.3 is 25.6 Å². The summed E-state index contributed by atoms with van der Waals surface area (Å²) in [6.45, 7) is 1.37. The van der Waals surface area contributed by atoms with Gasteiger partial charge in [0.1, 0.15) is 17.1 Å². The number of ether oxygens (including phenoxy) is 1. The van der Waals surface area contributed by atoms with E-state index >= 15 is 0 Å². The summed E-state index contributed by atoms with van der Waals surface area (Å²) in [5, 5.41) is 5.04. The Morgan fingerprint density at radius 2 is 1.81 bits per heavy atom. The fourth-order valence-electron chi connectivity index (χ4n) is 5.47. The van der Waals surface area contributed by atoms with Crippen LogP contribution in [0.15, 0.2) is 77.3 Å². The van der Waals surface area contributed by atoms with Crippen LogP contribution < -0.4 is 25.6 Å². The molecule has 0 spiro atoms. The van der Waals surface area contributed by atoms with Gasteiger partial charge in [0.25, 0.3) is 5.91 Å². The van der Waals surface area contributed by atoms with Crippen LogP contribution in [-0.2, 0) is 16.1 Å². The van der Waals surface area contributed by atoms with E-state index in [0.29, 0.717) is 22.1 Å². The molecule has 4 aromatic rings. The number of hydrogen-bond donors (Lipinski definition) is 2. The fourth-order valence-corrected chi connectivity index (χ4v) is 6.01. The van der Waals surface area contributed by atoms with Crippen molar-refractivity contribution in [1.82, 2.24) is 5.32 Å². The molecule has 43 heavy (non-hydrogen) atoms. The van der Waals surface area contributed by atoms with E-state index in [9.17, 15) is 18.8 Å². The predicted molar refractivity (Wildman–Crippen MR) is 169 cm³/mol. The normalized spacial score (nSPS) is 16.4. The van der Waals surface area contributed by atoms with Gasteiger partial charge in [0.2, 0.25) is 11.8 Å². The summed E-state index contributed by atoms with van der Waals surface area (Å²) < 4.78 is 20.4. The average molecular weight is 668 g/mol. The number of carbonyl (C=O) groups excluding carboxylic acids is 3. The number of likely N-dealkylation sites (N-methyl/N-ethyl adjacent to an activating group) is 1. The predicted octanol–water partition coefficient (Wildman–Crippen LogP) is 5.68. The lowest BCUT2D eigenvalue weighted by Gasteiger charge is -2.36. The summed E-state index contributed by atoms with van der Waals surface area (Å²) in [5.74, 6) is -2.77. The summed E-state index contributed by atoms with van der Waals surface area (Å²) in [4.78, 5) is 44.5. The summed E-state index contributed by atoms with van der Waals surface area (Å²) in [5.41, 5.74) is 5.99. The smallest absolute Gasteiger partial charge is 0.258 e. The molecule has 5 rings (SSSR count). The van der Waals surface area contributed by atoms with Crippen LogP contribution in [-0.4, -0.2) is 44.0 Å². The third-order valence-electron chi connectivity index (χ3n) is 8.10. The molecule has 4 aromatic carbocycles. The van der Waals surface area contributed by atoms with E-state index in [2.05, 4.69) is 21.2 Å². The number of nitrogens with two attached hydrogens (primary N) is 1. The number of amides is 3. The van der Waals surface area contributed by atoms with Crippen LogP contribution >= 0.6 is 27.5 Å². The van der Waals surface area contributed by atoms with Crippen LogP contribution in [0.2, 0.25) is 5.02 Å². The first-order valence-electron chi connectivity index (χ1n) is 13.4. The van der Waals surface area contributed by atoms with Crippen molar-refractivity contribution < 1.29 is 23.5 Å². The van der Waals surface area contributed by atoms with Crippen molar-refractivity contribution in [2.75, 3.05) is 30.5 Å². The Bertz CT molecular complexity index is 1750. The molecular formula is C32H29BrClFN4O4. The topological polar surface area (TPSA) is 105 Å². The standard InChI is InChI=1S/C32H29BrClFN4O4/c1-32(37-2,31(36)42)25-17-39(29(40)18-4-9-22(35)10-5-18)27-15-21(34)8-12-26(27)38(30(25)41)16-24-23-11-7-20(33)14-19(23)6-13-28(24)43-3/h4-15,25,37H,16-17H2,1-3H3,(H2,36,42)/t25-,32?/m1/s1. The average Bonchev–Trinajstić information content (AvgIpc) is 3.10. The lowest BCUT2D eigenvalue weighted by molar-refractivity contribution is -0.133. The van der Waals surface area contributed by atoms with E-state index in [4.69, 9.17) is 22.1 Å². The number of halogens is 3. The maximum absolute atomic E-state index is 14.7. The van der Waals surface area contributed by atoms with Crippen LogP contribution in [0.5, 0.6) is 5.75 Å². The van der Waals surface area contributed by atoms with E-state index < -0.39 is 35.0 Å². The number of nitrogens with zero attached hydrogens (tertiary/aromatic N) is 2. The first-order chi connectivity index (χ1) is 20.5. The van der Waals surface area contributed by atoms with E-state index in [1.165, 1.54) is 48.0 Å². The van der Waals surface area contributed by atoms with Crippen LogP contribution in [0.1, 0.15) is 22.8 Å². The Morgan fingerprint density at radius 3 is 2.47 bits per heavy atom. The van der Waals surface area contributed by atoms with Crippen molar-refractivity contribution in [1.29, 1.82) is 0 Å². The van der Waals surface area contributed by atoms with Crippen molar-refractivity contribution in [2.45, 2.75) is 19.0 Å². The zero-order chi connectivity index (χ0) is 31.1. The Balaban J connectivity index is 1.75. The minimum Gasteiger partial charge on any atom is -0.496 e. The largest absolute Gasteiger partial charge is 0.496 e. The molecule has 0 aromatic heterocycles. The van der Waals surface area contributed by atoms with Gasteiger partial charge in [0, 0.05) is 27.2 Å². The first-order valence-corrected chi connectivity index (χ1v) is 14.6. The van der Waals surface area contributed by atoms with Crippen LogP contribution in [0.25, 0.3) is 10.8 Å². The van der Waals surface area contributed by atoms with Gasteiger partial charge in [-0.15, -0.1) is 0 Å².